The van der Waals surface area contributed by atoms with Gasteiger partial charge in [-0.2, -0.15) is 0 Å². The van der Waals surface area contributed by atoms with Crippen molar-refractivity contribution in [3.63, 3.8) is 0 Å². The van der Waals surface area contributed by atoms with Crippen molar-refractivity contribution >= 4 is 177 Å². The van der Waals surface area contributed by atoms with E-state index in [9.17, 15) is 38.7 Å². The van der Waals surface area contributed by atoms with Crippen LogP contribution in [-0.4, -0.2) is 181 Å². The third kappa shape index (κ3) is 47.9. The smallest absolute Gasteiger partial charge is 0.407 e. The van der Waals surface area contributed by atoms with Crippen molar-refractivity contribution < 1.29 is 70.9 Å². The summed E-state index contributed by atoms with van der Waals surface area (Å²) < 4.78 is 39.3. The van der Waals surface area contributed by atoms with Crippen LogP contribution in [0, 0.1) is 23.7 Å². The molecule has 15 rings (SSSR count). The highest BCUT2D eigenvalue weighted by Crippen LogP contribution is 2.41. The number of hydrogen-bond acceptors (Lipinski definition) is 34. The number of rotatable bonds is 25. The maximum Gasteiger partial charge on any atom is 0.407 e. The molecule has 5 saturated carbocycles. The van der Waals surface area contributed by atoms with E-state index in [4.69, 9.17) is 55.3 Å². The molecular weight excluding hydrogens is 2110 g/mol. The Bertz CT molecular complexity index is 5250. The molecule has 0 bridgehead atoms. The molecule has 2 saturated heterocycles. The Kier molecular flexibility index (Phi) is 55.0. The Labute approximate surface area is 920 Å². The quantitative estimate of drug-likeness (QED) is 0.0146. The predicted octanol–water partition coefficient (Wildman–Crippen LogP) is 27.0. The van der Waals surface area contributed by atoms with Gasteiger partial charge in [-0.25, -0.2) is 49.5 Å². The number of carboxylic acids is 2. The van der Waals surface area contributed by atoms with Crippen LogP contribution in [0.5, 0.6) is 0 Å². The minimum absolute atomic E-state index is 0. The van der Waals surface area contributed by atoms with Gasteiger partial charge in [0, 0.05) is 102 Å². The summed E-state index contributed by atoms with van der Waals surface area (Å²) in [5.74, 6) is 8.28. The van der Waals surface area contributed by atoms with Gasteiger partial charge in [0.25, 0.3) is 0 Å². The second kappa shape index (κ2) is 62.1. The van der Waals surface area contributed by atoms with E-state index in [1.54, 1.807) is 98.6 Å². The van der Waals surface area contributed by atoms with Crippen molar-refractivity contribution in [1.29, 1.82) is 0 Å². The van der Waals surface area contributed by atoms with Crippen LogP contribution in [-0.2, 0) is 78.1 Å². The first-order valence-corrected chi connectivity index (χ1v) is 58.2. The van der Waals surface area contributed by atoms with Crippen molar-refractivity contribution in [3.8, 4) is 0 Å². The third-order valence-electron chi connectivity index (χ3n) is 24.4. The molecule has 8 atom stereocenters. The number of nitrogens with zero attached hydrogens (tertiary/aromatic N) is 10. The number of alkyl carbamates (subject to hydrolysis) is 2. The second-order valence-corrected chi connectivity index (χ2v) is 54.2. The lowest BCUT2D eigenvalue weighted by Gasteiger charge is -2.37. The summed E-state index contributed by atoms with van der Waals surface area (Å²) in [5.41, 5.74) is 10.6. The van der Waals surface area contributed by atoms with E-state index < -0.39 is 28.4 Å². The van der Waals surface area contributed by atoms with Gasteiger partial charge < -0.3 is 85.2 Å². The van der Waals surface area contributed by atoms with Crippen LogP contribution < -0.4 is 38.1 Å². The normalized spacial score (nSPS) is 20.0. The lowest BCUT2D eigenvalue weighted by molar-refractivity contribution is -0.143. The standard InChI is InChI=1S/C28H43N5O4S2.C23H35N5O2S2.C18H25N3O3S2.C11H13BrN2OS2.C11H21NO2.C7H13NO2.C3H3ClO.4CH4/c1-27(2,3)21-15-29-22(36-21)17-38-23-16-30-25(39-23)31-20-9-7-8-18(14-20)24(34)33-12-10-19(11-13-33)32-26(35)37-28(4,5)6;1-23(2,3)18-12-25-19(30-18)14-31-20-13-26-22(32-20)27-17-6-4-5-15(11-17)21(29)28-9-7-16(24)8-10-28;1-18(2,3)13-8-19-14(24-13)10-25-15-9-20-17(26-15)21-12-6-4-5-11(7-12)16(22)23;1-11(2,3)7-4-13-8(15-7)6-16-9-5-14-10(12)17-9;1-11(2,3)14-10(13)12-9-7-5-4-6-8-9;8-6-3-1-2-5(4-6)7(9)10;1-2-3(4)5;;;;/h15-16,18-20H,7-14,17H2,1-6H3,(H,30,31)(H,32,35);12-13,15-17H,4-11,14,24H2,1-3H3,(H,26,27);8-9,11-12H,4-7,10H2,1-3H3,(H,20,21)(H,22,23);4-5H,6H2,1-3H3;9H,4-8H2,1-3H3,(H,12,13);5-6H,1-4,8H2,(H,9,10);2H,1H2;4*1H4/t;;11?,12-;;;;;;;;/m..1......../s1. The summed E-state index contributed by atoms with van der Waals surface area (Å²) in [5, 5.41) is 36.4. The van der Waals surface area contributed by atoms with Crippen LogP contribution in [0.1, 0.15) is 361 Å². The van der Waals surface area contributed by atoms with Gasteiger partial charge in [-0.3, -0.25) is 24.0 Å². The minimum Gasteiger partial charge on any atom is -0.481 e. The van der Waals surface area contributed by atoms with Gasteiger partial charge in [-0.1, -0.05) is 198 Å². The number of oxazole rings is 4. The second-order valence-electron chi connectivity index (χ2n) is 43.3. The molecule has 7 aliphatic rings. The Balaban J connectivity index is 0.000000319. The number of aliphatic carboxylic acids is 2. The van der Waals surface area contributed by atoms with Gasteiger partial charge in [0.15, 0.2) is 19.3 Å². The Morgan fingerprint density at radius 1 is 0.401 bits per heavy atom. The van der Waals surface area contributed by atoms with Gasteiger partial charge in [0.05, 0.1) is 101 Å². The number of thiazole rings is 4. The van der Waals surface area contributed by atoms with E-state index in [2.05, 4.69) is 172 Å². The van der Waals surface area contributed by atoms with Crippen LogP contribution in [0.25, 0.3) is 0 Å². The molecule has 0 spiro atoms. The van der Waals surface area contributed by atoms with Gasteiger partial charge in [-0.15, -0.1) is 58.4 Å². The molecule has 7 fully saturated rings. The zero-order valence-corrected chi connectivity index (χ0v) is 95.3. The molecule has 826 valence electrons. The number of piperidine rings is 2. The maximum absolute atomic E-state index is 13.3. The monoisotopic (exact) mass is 2280 g/mol. The fourth-order valence-corrected chi connectivity index (χ4v) is 24.5. The number of carboxylic acid groups (broad SMARTS) is 2. The van der Waals surface area contributed by atoms with Crippen LogP contribution in [0.2, 0.25) is 0 Å². The number of allylic oxidation sites excluding steroid dienone is 1. The molecule has 7 unspecified atom stereocenters. The predicted molar refractivity (Wildman–Crippen MR) is 606 cm³/mol. The van der Waals surface area contributed by atoms with Crippen molar-refractivity contribution in [2.45, 2.75) is 430 Å². The summed E-state index contributed by atoms with van der Waals surface area (Å²) >= 11 is 21.3. The molecule has 11 N–H and O–H groups in total. The van der Waals surface area contributed by atoms with Crippen molar-refractivity contribution in [2.75, 3.05) is 42.1 Å². The molecule has 10 heterocycles. The highest BCUT2D eigenvalue weighted by Gasteiger charge is 2.37. The number of ether oxygens (including phenoxy) is 2. The maximum atomic E-state index is 13.3. The van der Waals surface area contributed by atoms with Crippen LogP contribution in [0.4, 0.5) is 25.0 Å². The van der Waals surface area contributed by atoms with E-state index in [0.717, 1.165) is 236 Å². The van der Waals surface area contributed by atoms with E-state index in [1.807, 2.05) is 94.7 Å². The first-order chi connectivity index (χ1) is 67.3. The number of halogens is 2. The number of anilines is 3. The fourth-order valence-electron chi connectivity index (χ4n) is 16.6. The third-order valence-corrected chi connectivity index (χ3v) is 33.5. The number of nitrogens with two attached hydrogens (primary N) is 2. The summed E-state index contributed by atoms with van der Waals surface area (Å²) in [7, 11) is 0. The average molecular weight is 2280 g/mol. The van der Waals surface area contributed by atoms with Crippen LogP contribution in [0.3, 0.4) is 0 Å². The van der Waals surface area contributed by atoms with Gasteiger partial charge in [0.2, 0.25) is 40.6 Å². The highest BCUT2D eigenvalue weighted by molar-refractivity contribution is 9.11. The Morgan fingerprint density at radius 2 is 0.687 bits per heavy atom. The topological polar surface area (TPSA) is 453 Å². The average Bonchev–Trinajstić information content (AvgIpc) is 1.73. The minimum atomic E-state index is -0.688. The molecule has 4 amide bonds. The zero-order valence-electron chi connectivity index (χ0n) is 86.4. The number of likely N-dealkylation sites (tertiary alicyclic amines) is 2. The fraction of sp³-hybridized carbons (Fsp3) is 0.686. The summed E-state index contributed by atoms with van der Waals surface area (Å²) in [6, 6.07) is 1.48. The number of aromatic nitrogens is 8. The van der Waals surface area contributed by atoms with E-state index >= 15 is 0 Å². The number of hydrogen-bond donors (Lipinski definition) is 9. The Morgan fingerprint density at radius 3 is 0.973 bits per heavy atom. The van der Waals surface area contributed by atoms with E-state index in [0.29, 0.717) is 61.2 Å². The SMILES string of the molecule is C.C.C.C.C=CC(=O)Cl.CC(C)(C)OC(=O)NC1CCCCC1.CC(C)(C)OC(=O)NC1CCN(C(=O)C2CCCC(Nc3ncc(SCc4ncc(C(C)(C)C)o4)s3)C2)CC1.CC(C)(C)c1cnc(CSc2cnc(Br)s2)o1.CC(C)(C)c1cnc(CSc2cnc(NC3CCCC(C(=O)N4CCC(N)CC4)C3)s2)o1.CC(C)(C)c1cnc(CSc2cnc(N[C@@H]3CCCC(C(=O)O)C3)s2)o1.NC1CCCC(C(=O)O)C1. The molecule has 8 aromatic rings. The number of carbonyl (C=O) groups excluding carboxylic acids is 5. The zero-order chi connectivity index (χ0) is 105. The summed E-state index contributed by atoms with van der Waals surface area (Å²) in [6.07, 6.45) is 39.1. The molecule has 2 aliphatic heterocycles. The summed E-state index contributed by atoms with van der Waals surface area (Å²) in [6.45, 7) is 42.6. The molecule has 32 nitrogen and oxygen atoms in total. The van der Waals surface area contributed by atoms with Gasteiger partial charge in [-0.05, 0) is 191 Å². The molecule has 0 aromatic carbocycles. The number of nitrogens with one attached hydrogen (secondary N) is 5. The molecule has 5 aliphatic carbocycles. The lowest BCUT2D eigenvalue weighted by atomic mass is 9.84. The van der Waals surface area contributed by atoms with Crippen LogP contribution in [0.15, 0.2) is 101 Å². The van der Waals surface area contributed by atoms with Crippen molar-refractivity contribution in [2.24, 2.45) is 35.1 Å². The van der Waals surface area contributed by atoms with Gasteiger partial charge >= 0.3 is 24.1 Å². The summed E-state index contributed by atoms with van der Waals surface area (Å²) in [4.78, 5) is 120. The number of amides is 4. The van der Waals surface area contributed by atoms with E-state index in [-0.39, 0.29) is 123 Å². The molecule has 8 aromatic heterocycles. The number of thioether (sulfide) groups is 4. The van der Waals surface area contributed by atoms with Crippen molar-refractivity contribution in [1.82, 2.24) is 60.3 Å². The first kappa shape index (κ1) is 130. The largest absolute Gasteiger partial charge is 0.481 e. The number of carbonyl (C=O) groups is 7. The molecule has 0 radical (unpaired) electrons. The highest BCUT2D eigenvalue weighted by atomic mass is 79.9. The molecular formula is C105H169BrClN17O15S8. The first-order valence-electron chi connectivity index (χ1n) is 49.8. The lowest BCUT2D eigenvalue weighted by Crippen LogP contribution is -2.49. The van der Waals surface area contributed by atoms with Gasteiger partial charge in [0.1, 0.15) is 34.2 Å². The molecule has 147 heavy (non-hydrogen) atoms. The van der Waals surface area contributed by atoms with E-state index in [1.165, 1.54) is 19.3 Å². The Hall–Kier alpha value is -7.32. The van der Waals surface area contributed by atoms with Crippen molar-refractivity contribution in [3.05, 3.63) is 113 Å². The van der Waals surface area contributed by atoms with Crippen LogP contribution >= 0.6 is 120 Å². The molecule has 42 heteroatoms.